The van der Waals surface area contributed by atoms with Gasteiger partial charge in [-0.2, -0.15) is 0 Å². The van der Waals surface area contributed by atoms with Gasteiger partial charge in [-0.1, -0.05) is 6.58 Å². The Morgan fingerprint density at radius 3 is 3.08 bits per heavy atom. The van der Waals surface area contributed by atoms with Crippen molar-refractivity contribution in [1.82, 2.24) is 9.80 Å². The van der Waals surface area contributed by atoms with Crippen LogP contribution in [0.2, 0.25) is 0 Å². The maximum Gasteiger partial charge on any atom is 0.0414 e. The second-order valence-electron chi connectivity index (χ2n) is 4.11. The molecule has 0 aromatic carbocycles. The van der Waals surface area contributed by atoms with Gasteiger partial charge in [-0.05, 0) is 26.3 Å². The largest absolute Gasteiger partial charge is 0.370 e. The molecule has 0 radical (unpaired) electrons. The summed E-state index contributed by atoms with van der Waals surface area (Å²) in [7, 11) is 2.19. The smallest absolute Gasteiger partial charge is 0.0414 e. The Labute approximate surface area is 74.8 Å². The second kappa shape index (κ2) is 3.09. The summed E-state index contributed by atoms with van der Waals surface area (Å²) in [5.74, 6) is 0. The van der Waals surface area contributed by atoms with Crippen LogP contribution in [0.4, 0.5) is 0 Å². The molecule has 2 heteroatoms. The fraction of sp³-hybridized carbons (Fsp3) is 0.800. The molecule has 2 aliphatic rings. The molecule has 0 spiro atoms. The van der Waals surface area contributed by atoms with E-state index in [1.807, 2.05) is 0 Å². The molecule has 0 aliphatic carbocycles. The van der Waals surface area contributed by atoms with Crippen molar-refractivity contribution in [1.29, 1.82) is 0 Å². The van der Waals surface area contributed by atoms with Crippen LogP contribution in [-0.4, -0.2) is 42.5 Å². The summed E-state index contributed by atoms with van der Waals surface area (Å²) in [5, 5.41) is 0. The first-order chi connectivity index (χ1) is 5.77. The fourth-order valence-electron chi connectivity index (χ4n) is 2.43. The maximum absolute atomic E-state index is 4.13. The average Bonchev–Trinajstić information content (AvgIpc) is 2.04. The third-order valence-corrected chi connectivity index (χ3v) is 3.01. The Kier molecular flexibility index (Phi) is 2.09. The fourth-order valence-corrected chi connectivity index (χ4v) is 2.43. The van der Waals surface area contributed by atoms with Crippen LogP contribution in [-0.2, 0) is 0 Å². The number of fused-ring (bicyclic) bond motifs is 1. The van der Waals surface area contributed by atoms with Crippen LogP contribution in [0.25, 0.3) is 0 Å². The molecular formula is C10H18N2. The normalized spacial score (nSPS) is 31.9. The summed E-state index contributed by atoms with van der Waals surface area (Å²) in [6.45, 7) is 7.68. The Morgan fingerprint density at radius 2 is 2.25 bits per heavy atom. The third-order valence-electron chi connectivity index (χ3n) is 3.01. The van der Waals surface area contributed by atoms with Gasteiger partial charge >= 0.3 is 0 Å². The van der Waals surface area contributed by atoms with E-state index in [2.05, 4.69) is 23.4 Å². The van der Waals surface area contributed by atoms with Gasteiger partial charge < -0.3 is 4.90 Å². The highest BCUT2D eigenvalue weighted by atomic mass is 15.3. The van der Waals surface area contributed by atoms with Crippen molar-refractivity contribution in [3.8, 4) is 0 Å². The summed E-state index contributed by atoms with van der Waals surface area (Å²) in [6.07, 6.45) is 4.13. The quantitative estimate of drug-likeness (QED) is 0.535. The molecular weight excluding hydrogens is 148 g/mol. The van der Waals surface area contributed by atoms with Gasteiger partial charge in [0.1, 0.15) is 0 Å². The van der Waals surface area contributed by atoms with Gasteiger partial charge in [-0.15, -0.1) is 0 Å². The zero-order valence-corrected chi connectivity index (χ0v) is 7.92. The first-order valence-electron chi connectivity index (χ1n) is 4.90. The second-order valence-corrected chi connectivity index (χ2v) is 4.11. The topological polar surface area (TPSA) is 6.48 Å². The van der Waals surface area contributed by atoms with E-state index in [0.29, 0.717) is 0 Å². The van der Waals surface area contributed by atoms with E-state index in [1.165, 1.54) is 38.0 Å². The molecule has 2 saturated heterocycles. The van der Waals surface area contributed by atoms with Crippen molar-refractivity contribution in [3.63, 3.8) is 0 Å². The molecule has 1 atom stereocenters. The maximum atomic E-state index is 4.13. The van der Waals surface area contributed by atoms with E-state index < -0.39 is 0 Å². The van der Waals surface area contributed by atoms with E-state index in [1.54, 1.807) is 0 Å². The van der Waals surface area contributed by atoms with Crippen molar-refractivity contribution in [2.75, 3.05) is 26.7 Å². The van der Waals surface area contributed by atoms with Crippen LogP contribution < -0.4 is 0 Å². The van der Waals surface area contributed by atoms with Gasteiger partial charge in [-0.25, -0.2) is 0 Å². The Balaban J connectivity index is 2.06. The highest BCUT2D eigenvalue weighted by Crippen LogP contribution is 2.25. The highest BCUT2D eigenvalue weighted by molar-refractivity contribution is 5.05. The summed E-state index contributed by atoms with van der Waals surface area (Å²) >= 11 is 0. The minimum absolute atomic E-state index is 0.769. The lowest BCUT2D eigenvalue weighted by Crippen LogP contribution is -2.51. The summed E-state index contributed by atoms with van der Waals surface area (Å²) in [6, 6.07) is 0.769. The predicted octanol–water partition coefficient (Wildman–Crippen LogP) is 1.30. The number of nitrogens with zero attached hydrogens (tertiary/aromatic N) is 2. The molecule has 2 fully saturated rings. The van der Waals surface area contributed by atoms with Crippen molar-refractivity contribution in [3.05, 3.63) is 12.3 Å². The molecule has 0 aromatic heterocycles. The van der Waals surface area contributed by atoms with Crippen molar-refractivity contribution >= 4 is 0 Å². The number of rotatable bonds is 0. The molecule has 2 rings (SSSR count). The molecule has 0 N–H and O–H groups in total. The predicted molar refractivity (Wildman–Crippen MR) is 51.0 cm³/mol. The standard InChI is InChI=1S/C10H18N2/c1-9-7-11(2)8-10-5-3-4-6-12(9)10/h10H,1,3-8H2,2H3. The summed E-state index contributed by atoms with van der Waals surface area (Å²) < 4.78 is 0. The summed E-state index contributed by atoms with van der Waals surface area (Å²) in [5.41, 5.74) is 1.33. The molecule has 2 nitrogen and oxygen atoms in total. The minimum atomic E-state index is 0.769. The molecule has 0 aromatic rings. The SMILES string of the molecule is C=C1CN(C)CC2CCCCN12. The lowest BCUT2D eigenvalue weighted by molar-refractivity contribution is 0.103. The van der Waals surface area contributed by atoms with Crippen molar-refractivity contribution < 1.29 is 0 Å². The van der Waals surface area contributed by atoms with E-state index >= 15 is 0 Å². The van der Waals surface area contributed by atoms with Gasteiger partial charge in [-0.3, -0.25) is 4.90 Å². The van der Waals surface area contributed by atoms with Gasteiger partial charge in [0.25, 0.3) is 0 Å². The molecule has 0 bridgehead atoms. The molecule has 0 amide bonds. The van der Waals surface area contributed by atoms with E-state index in [0.717, 1.165) is 12.6 Å². The van der Waals surface area contributed by atoms with Gasteiger partial charge in [0.2, 0.25) is 0 Å². The average molecular weight is 166 g/mol. The lowest BCUT2D eigenvalue weighted by Gasteiger charge is -2.45. The van der Waals surface area contributed by atoms with E-state index in [-0.39, 0.29) is 0 Å². The van der Waals surface area contributed by atoms with Crippen LogP contribution in [0, 0.1) is 0 Å². The van der Waals surface area contributed by atoms with Crippen LogP contribution in [0.5, 0.6) is 0 Å². The van der Waals surface area contributed by atoms with E-state index in [4.69, 9.17) is 0 Å². The monoisotopic (exact) mass is 166 g/mol. The van der Waals surface area contributed by atoms with Gasteiger partial charge in [0.05, 0.1) is 0 Å². The van der Waals surface area contributed by atoms with Crippen LogP contribution in [0.3, 0.4) is 0 Å². The molecule has 2 heterocycles. The van der Waals surface area contributed by atoms with Gasteiger partial charge in [0, 0.05) is 31.4 Å². The first-order valence-corrected chi connectivity index (χ1v) is 4.90. The molecule has 1 unspecified atom stereocenters. The molecule has 68 valence electrons. The zero-order chi connectivity index (χ0) is 8.55. The third kappa shape index (κ3) is 1.36. The Bertz CT molecular complexity index is 188. The number of piperazine rings is 1. The number of hydrogen-bond donors (Lipinski definition) is 0. The Hall–Kier alpha value is -0.500. The van der Waals surface area contributed by atoms with Crippen molar-refractivity contribution in [2.45, 2.75) is 25.3 Å². The van der Waals surface area contributed by atoms with E-state index in [9.17, 15) is 0 Å². The molecule has 12 heavy (non-hydrogen) atoms. The van der Waals surface area contributed by atoms with Crippen LogP contribution in [0.15, 0.2) is 12.3 Å². The van der Waals surface area contributed by atoms with Gasteiger partial charge in [0.15, 0.2) is 0 Å². The Morgan fingerprint density at radius 1 is 1.42 bits per heavy atom. The minimum Gasteiger partial charge on any atom is -0.370 e. The summed E-state index contributed by atoms with van der Waals surface area (Å²) in [4.78, 5) is 4.90. The number of hydrogen-bond acceptors (Lipinski definition) is 2. The highest BCUT2D eigenvalue weighted by Gasteiger charge is 2.28. The van der Waals surface area contributed by atoms with Crippen LogP contribution >= 0.6 is 0 Å². The van der Waals surface area contributed by atoms with Crippen molar-refractivity contribution in [2.24, 2.45) is 0 Å². The molecule has 2 aliphatic heterocycles. The molecule has 0 saturated carbocycles. The first kappa shape index (κ1) is 8.11. The van der Waals surface area contributed by atoms with Crippen LogP contribution in [0.1, 0.15) is 19.3 Å². The lowest BCUT2D eigenvalue weighted by atomic mass is 9.99. The number of piperidine rings is 1. The number of likely N-dealkylation sites (N-methyl/N-ethyl adjacent to an activating group) is 1. The zero-order valence-electron chi connectivity index (χ0n) is 7.92.